The van der Waals surface area contributed by atoms with Crippen molar-refractivity contribution in [2.45, 2.75) is 6.61 Å². The number of ether oxygens (including phenoxy) is 1. The molecule has 0 atom stereocenters. The van der Waals surface area contributed by atoms with E-state index in [0.717, 1.165) is 15.8 Å². The van der Waals surface area contributed by atoms with Crippen molar-refractivity contribution in [3.8, 4) is 5.75 Å². The minimum Gasteiger partial charge on any atom is -0.488 e. The normalized spacial score (nSPS) is 9.69. The van der Waals surface area contributed by atoms with Crippen LogP contribution in [-0.2, 0) is 6.61 Å². The molecule has 0 fully saturated rings. The molecule has 0 radical (unpaired) electrons. The average molecular weight is 243 g/mol. The maximum Gasteiger partial charge on any atom is 0.133 e. The van der Waals surface area contributed by atoms with Gasteiger partial charge in [0.1, 0.15) is 12.4 Å². The van der Waals surface area contributed by atoms with Crippen molar-refractivity contribution >= 4 is 15.9 Å². The Morgan fingerprint density at radius 3 is 2.85 bits per heavy atom. The fraction of sp³-hybridized carbons (Fsp3) is 0.200. The summed E-state index contributed by atoms with van der Waals surface area (Å²) in [7, 11) is 0. The molecule has 0 aliphatic rings. The Hall–Kier alpha value is -0.800. The van der Waals surface area contributed by atoms with Gasteiger partial charge in [0.2, 0.25) is 0 Å². The first kappa shape index (κ1) is 10.3. The zero-order valence-corrected chi connectivity index (χ0v) is 8.75. The van der Waals surface area contributed by atoms with E-state index in [0.29, 0.717) is 6.61 Å². The third kappa shape index (κ3) is 2.86. The largest absolute Gasteiger partial charge is 0.488 e. The van der Waals surface area contributed by atoms with Crippen LogP contribution >= 0.6 is 15.9 Å². The van der Waals surface area contributed by atoms with Crippen molar-refractivity contribution in [1.82, 2.24) is 0 Å². The highest BCUT2D eigenvalue weighted by atomic mass is 79.9. The quantitative estimate of drug-likeness (QED) is 0.823. The number of hydrogen-bond donors (Lipinski definition) is 1. The van der Waals surface area contributed by atoms with E-state index in [1.165, 1.54) is 0 Å². The molecule has 0 heterocycles. The SMILES string of the molecule is C=CCOc1ccc(CO)cc1Br. The van der Waals surface area contributed by atoms with Gasteiger partial charge in [-0.25, -0.2) is 0 Å². The van der Waals surface area contributed by atoms with E-state index in [-0.39, 0.29) is 6.61 Å². The highest BCUT2D eigenvalue weighted by molar-refractivity contribution is 9.10. The van der Waals surface area contributed by atoms with Crippen LogP contribution in [0.15, 0.2) is 35.3 Å². The third-order valence-electron chi connectivity index (χ3n) is 1.54. The van der Waals surface area contributed by atoms with Crippen molar-refractivity contribution in [1.29, 1.82) is 0 Å². The summed E-state index contributed by atoms with van der Waals surface area (Å²) in [6.45, 7) is 4.08. The van der Waals surface area contributed by atoms with Crippen molar-refractivity contribution in [2.75, 3.05) is 6.61 Å². The summed E-state index contributed by atoms with van der Waals surface area (Å²) >= 11 is 3.35. The summed E-state index contributed by atoms with van der Waals surface area (Å²) in [5.74, 6) is 0.761. The van der Waals surface area contributed by atoms with Gasteiger partial charge in [0.25, 0.3) is 0 Å². The minimum atomic E-state index is 0.0420. The van der Waals surface area contributed by atoms with Crippen LogP contribution in [0.3, 0.4) is 0 Å². The first-order valence-corrected chi connectivity index (χ1v) is 4.70. The Kier molecular flexibility index (Phi) is 3.99. The predicted octanol–water partition coefficient (Wildman–Crippen LogP) is 2.51. The van der Waals surface area contributed by atoms with Crippen molar-refractivity contribution in [2.24, 2.45) is 0 Å². The molecule has 0 amide bonds. The van der Waals surface area contributed by atoms with E-state index < -0.39 is 0 Å². The minimum absolute atomic E-state index is 0.0420. The highest BCUT2D eigenvalue weighted by Crippen LogP contribution is 2.25. The predicted molar refractivity (Wildman–Crippen MR) is 55.8 cm³/mol. The van der Waals surface area contributed by atoms with E-state index in [2.05, 4.69) is 22.5 Å². The molecular formula is C10H11BrO2. The van der Waals surface area contributed by atoms with Gasteiger partial charge in [0.05, 0.1) is 11.1 Å². The number of hydrogen-bond acceptors (Lipinski definition) is 2. The van der Waals surface area contributed by atoms with E-state index in [1.54, 1.807) is 6.08 Å². The second-order valence-corrected chi connectivity index (χ2v) is 3.38. The Bertz CT molecular complexity index is 297. The molecule has 0 saturated heterocycles. The molecule has 1 aromatic rings. The van der Waals surface area contributed by atoms with Gasteiger partial charge in [-0.05, 0) is 33.6 Å². The zero-order valence-electron chi connectivity index (χ0n) is 7.16. The summed E-state index contributed by atoms with van der Waals surface area (Å²) in [6.07, 6.45) is 1.69. The lowest BCUT2D eigenvalue weighted by Crippen LogP contribution is -1.94. The lowest BCUT2D eigenvalue weighted by Gasteiger charge is -2.06. The fourth-order valence-corrected chi connectivity index (χ4v) is 1.45. The molecule has 2 nitrogen and oxygen atoms in total. The van der Waals surface area contributed by atoms with Gasteiger partial charge >= 0.3 is 0 Å². The highest BCUT2D eigenvalue weighted by Gasteiger charge is 2.00. The molecule has 13 heavy (non-hydrogen) atoms. The molecule has 0 aliphatic carbocycles. The Morgan fingerprint density at radius 2 is 2.31 bits per heavy atom. The molecule has 0 aromatic heterocycles. The van der Waals surface area contributed by atoms with E-state index >= 15 is 0 Å². The molecule has 1 aromatic carbocycles. The van der Waals surface area contributed by atoms with Gasteiger partial charge in [0, 0.05) is 0 Å². The molecule has 70 valence electrons. The molecular weight excluding hydrogens is 232 g/mol. The standard InChI is InChI=1S/C10H11BrO2/c1-2-5-13-10-4-3-8(7-12)6-9(10)11/h2-4,6,12H,1,5,7H2. The molecule has 1 N–H and O–H groups in total. The fourth-order valence-electron chi connectivity index (χ4n) is 0.908. The Labute approximate surface area is 86.0 Å². The van der Waals surface area contributed by atoms with E-state index in [9.17, 15) is 0 Å². The summed E-state index contributed by atoms with van der Waals surface area (Å²) < 4.78 is 6.19. The van der Waals surface area contributed by atoms with Crippen LogP contribution < -0.4 is 4.74 Å². The molecule has 0 saturated carbocycles. The van der Waals surface area contributed by atoms with Gasteiger partial charge in [-0.2, -0.15) is 0 Å². The number of benzene rings is 1. The first-order valence-electron chi connectivity index (χ1n) is 3.91. The van der Waals surface area contributed by atoms with Gasteiger partial charge < -0.3 is 9.84 Å². The number of aliphatic hydroxyl groups is 1. The van der Waals surface area contributed by atoms with Crippen LogP contribution in [0.4, 0.5) is 0 Å². The summed E-state index contributed by atoms with van der Waals surface area (Å²) in [4.78, 5) is 0. The summed E-state index contributed by atoms with van der Waals surface area (Å²) in [5.41, 5.74) is 0.859. The smallest absolute Gasteiger partial charge is 0.133 e. The van der Waals surface area contributed by atoms with Crippen LogP contribution in [-0.4, -0.2) is 11.7 Å². The maximum absolute atomic E-state index is 8.85. The monoisotopic (exact) mass is 242 g/mol. The van der Waals surface area contributed by atoms with Gasteiger partial charge in [-0.1, -0.05) is 18.7 Å². The second kappa shape index (κ2) is 5.04. The number of rotatable bonds is 4. The average Bonchev–Trinajstić information content (AvgIpc) is 2.16. The topological polar surface area (TPSA) is 29.5 Å². The van der Waals surface area contributed by atoms with Crippen molar-refractivity contribution < 1.29 is 9.84 Å². The van der Waals surface area contributed by atoms with E-state index in [1.807, 2.05) is 18.2 Å². The molecule has 0 aliphatic heterocycles. The van der Waals surface area contributed by atoms with Crippen LogP contribution in [0.5, 0.6) is 5.75 Å². The molecule has 1 rings (SSSR count). The molecule has 0 unspecified atom stereocenters. The zero-order chi connectivity index (χ0) is 9.68. The van der Waals surface area contributed by atoms with Gasteiger partial charge in [-0.3, -0.25) is 0 Å². The molecule has 0 spiro atoms. The van der Waals surface area contributed by atoms with Gasteiger partial charge in [-0.15, -0.1) is 0 Å². The Morgan fingerprint density at radius 1 is 1.54 bits per heavy atom. The summed E-state index contributed by atoms with van der Waals surface area (Å²) in [6, 6.07) is 5.47. The third-order valence-corrected chi connectivity index (χ3v) is 2.16. The van der Waals surface area contributed by atoms with Crippen LogP contribution in [0.1, 0.15) is 5.56 Å². The lowest BCUT2D eigenvalue weighted by molar-refractivity contribution is 0.281. The maximum atomic E-state index is 8.85. The van der Waals surface area contributed by atoms with Gasteiger partial charge in [0.15, 0.2) is 0 Å². The van der Waals surface area contributed by atoms with Crippen LogP contribution in [0, 0.1) is 0 Å². The number of halogens is 1. The van der Waals surface area contributed by atoms with E-state index in [4.69, 9.17) is 9.84 Å². The van der Waals surface area contributed by atoms with Crippen LogP contribution in [0.25, 0.3) is 0 Å². The van der Waals surface area contributed by atoms with Crippen molar-refractivity contribution in [3.05, 3.63) is 40.9 Å². The molecule has 0 bridgehead atoms. The van der Waals surface area contributed by atoms with Crippen LogP contribution in [0.2, 0.25) is 0 Å². The number of aliphatic hydroxyl groups excluding tert-OH is 1. The van der Waals surface area contributed by atoms with Crippen molar-refractivity contribution in [3.63, 3.8) is 0 Å². The summed E-state index contributed by atoms with van der Waals surface area (Å²) in [5, 5.41) is 8.85. The second-order valence-electron chi connectivity index (χ2n) is 2.52. The Balaban J connectivity index is 2.78. The lowest BCUT2D eigenvalue weighted by atomic mass is 10.2. The first-order chi connectivity index (χ1) is 6.27. The molecule has 3 heteroatoms.